The van der Waals surface area contributed by atoms with Crippen molar-refractivity contribution < 1.29 is 9.84 Å². The summed E-state index contributed by atoms with van der Waals surface area (Å²) in [6, 6.07) is 8.60. The lowest BCUT2D eigenvalue weighted by molar-refractivity contribution is 0.153. The highest BCUT2D eigenvalue weighted by atomic mass is 16.5. The van der Waals surface area contributed by atoms with Crippen molar-refractivity contribution in [3.8, 4) is 5.75 Å². The molecule has 1 heterocycles. The Morgan fingerprint density at radius 1 is 1.35 bits per heavy atom. The molecule has 0 bridgehead atoms. The molecule has 1 aliphatic heterocycles. The molecule has 0 saturated carbocycles. The van der Waals surface area contributed by atoms with Gasteiger partial charge in [-0.1, -0.05) is 12.1 Å². The van der Waals surface area contributed by atoms with Crippen molar-refractivity contribution in [1.82, 2.24) is 4.90 Å². The molecular weight excluding hydrogens is 214 g/mol. The molecule has 1 aromatic rings. The maximum absolute atomic E-state index is 9.27. The molecule has 0 aromatic heterocycles. The van der Waals surface area contributed by atoms with Crippen LogP contribution in [0.1, 0.15) is 25.3 Å². The number of aliphatic hydroxyl groups excluding tert-OH is 1. The zero-order chi connectivity index (χ0) is 12.1. The van der Waals surface area contributed by atoms with Crippen molar-refractivity contribution in [3.05, 3.63) is 29.8 Å². The molecule has 1 unspecified atom stereocenters. The molecule has 1 N–H and O–H groups in total. The minimum Gasteiger partial charge on any atom is -0.494 e. The number of hydrogen-bond donors (Lipinski definition) is 1. The average Bonchev–Trinajstić information content (AvgIpc) is 2.79. The van der Waals surface area contributed by atoms with E-state index in [1.54, 1.807) is 0 Å². The van der Waals surface area contributed by atoms with Crippen LogP contribution in [0.15, 0.2) is 24.3 Å². The van der Waals surface area contributed by atoms with E-state index in [-0.39, 0.29) is 6.61 Å². The number of rotatable bonds is 5. The van der Waals surface area contributed by atoms with Crippen LogP contribution in [0.25, 0.3) is 0 Å². The highest BCUT2D eigenvalue weighted by Gasteiger charge is 2.23. The lowest BCUT2D eigenvalue weighted by atomic mass is 10.2. The van der Waals surface area contributed by atoms with Gasteiger partial charge in [0, 0.05) is 12.6 Å². The number of ether oxygens (including phenoxy) is 1. The van der Waals surface area contributed by atoms with E-state index < -0.39 is 0 Å². The second kappa shape index (κ2) is 6.03. The number of nitrogens with zero attached hydrogens (tertiary/aromatic N) is 1. The Balaban J connectivity index is 1.94. The third-order valence-corrected chi connectivity index (χ3v) is 3.33. The van der Waals surface area contributed by atoms with E-state index in [2.05, 4.69) is 17.0 Å². The summed E-state index contributed by atoms with van der Waals surface area (Å²) in [6.45, 7) is 5.00. The van der Waals surface area contributed by atoms with Crippen LogP contribution < -0.4 is 4.74 Å². The summed E-state index contributed by atoms with van der Waals surface area (Å²) in [5.41, 5.74) is 1.29. The molecule has 1 aromatic carbocycles. The minimum atomic E-state index is 0.275. The standard InChI is InChI=1S/C14H21NO2/c1-2-17-14-7-5-12(6-8-14)10-15-9-3-4-13(15)11-16/h5-8,13,16H,2-4,9-11H2,1H3. The molecule has 0 aliphatic carbocycles. The van der Waals surface area contributed by atoms with Crippen molar-refractivity contribution in [1.29, 1.82) is 0 Å². The van der Waals surface area contributed by atoms with E-state index in [0.29, 0.717) is 12.6 Å². The maximum Gasteiger partial charge on any atom is 0.119 e. The second-order valence-electron chi connectivity index (χ2n) is 4.53. The summed E-state index contributed by atoms with van der Waals surface area (Å²) < 4.78 is 5.42. The van der Waals surface area contributed by atoms with E-state index >= 15 is 0 Å². The Bertz CT molecular complexity index is 337. The van der Waals surface area contributed by atoms with E-state index in [1.165, 1.54) is 12.0 Å². The van der Waals surface area contributed by atoms with Crippen LogP contribution in [-0.4, -0.2) is 35.8 Å². The van der Waals surface area contributed by atoms with E-state index in [4.69, 9.17) is 4.74 Å². The molecule has 1 aliphatic rings. The van der Waals surface area contributed by atoms with Crippen LogP contribution in [0.4, 0.5) is 0 Å². The second-order valence-corrected chi connectivity index (χ2v) is 4.53. The van der Waals surface area contributed by atoms with Crippen molar-refractivity contribution >= 4 is 0 Å². The summed E-state index contributed by atoms with van der Waals surface area (Å²) in [7, 11) is 0. The van der Waals surface area contributed by atoms with Gasteiger partial charge in [0.05, 0.1) is 13.2 Å². The zero-order valence-corrected chi connectivity index (χ0v) is 10.4. The Morgan fingerprint density at radius 2 is 2.12 bits per heavy atom. The van der Waals surface area contributed by atoms with Crippen LogP contribution in [-0.2, 0) is 6.54 Å². The zero-order valence-electron chi connectivity index (χ0n) is 10.4. The van der Waals surface area contributed by atoms with Gasteiger partial charge in [-0.3, -0.25) is 4.90 Å². The molecule has 2 rings (SSSR count). The van der Waals surface area contributed by atoms with Crippen LogP contribution in [0, 0.1) is 0 Å². The summed E-state index contributed by atoms with van der Waals surface area (Å²) >= 11 is 0. The van der Waals surface area contributed by atoms with Crippen LogP contribution in [0.3, 0.4) is 0 Å². The first-order chi connectivity index (χ1) is 8.33. The lowest BCUT2D eigenvalue weighted by Gasteiger charge is -2.22. The topological polar surface area (TPSA) is 32.7 Å². The summed E-state index contributed by atoms with van der Waals surface area (Å²) in [5, 5.41) is 9.27. The number of likely N-dealkylation sites (tertiary alicyclic amines) is 1. The number of aliphatic hydroxyl groups is 1. The van der Waals surface area contributed by atoms with E-state index in [1.807, 2.05) is 19.1 Å². The SMILES string of the molecule is CCOc1ccc(CN2CCCC2CO)cc1. The van der Waals surface area contributed by atoms with Crippen molar-refractivity contribution in [2.45, 2.75) is 32.4 Å². The van der Waals surface area contributed by atoms with Gasteiger partial charge in [-0.05, 0) is 44.0 Å². The fourth-order valence-electron chi connectivity index (χ4n) is 2.40. The summed E-state index contributed by atoms with van der Waals surface area (Å²) in [4.78, 5) is 2.36. The Hall–Kier alpha value is -1.06. The van der Waals surface area contributed by atoms with Gasteiger partial charge in [0.1, 0.15) is 5.75 Å². The first kappa shape index (κ1) is 12.4. The molecular formula is C14H21NO2. The lowest BCUT2D eigenvalue weighted by Crippen LogP contribution is -2.31. The average molecular weight is 235 g/mol. The van der Waals surface area contributed by atoms with Gasteiger partial charge in [-0.15, -0.1) is 0 Å². The fraction of sp³-hybridized carbons (Fsp3) is 0.571. The molecule has 0 radical (unpaired) electrons. The Labute approximate surface area is 103 Å². The van der Waals surface area contributed by atoms with Crippen LogP contribution in [0.2, 0.25) is 0 Å². The fourth-order valence-corrected chi connectivity index (χ4v) is 2.40. The van der Waals surface area contributed by atoms with Gasteiger partial charge in [0.15, 0.2) is 0 Å². The van der Waals surface area contributed by atoms with Crippen molar-refractivity contribution in [2.75, 3.05) is 19.8 Å². The molecule has 1 fully saturated rings. The minimum absolute atomic E-state index is 0.275. The normalized spacial score (nSPS) is 20.7. The highest BCUT2D eigenvalue weighted by Crippen LogP contribution is 2.20. The molecule has 0 amide bonds. The highest BCUT2D eigenvalue weighted by molar-refractivity contribution is 5.27. The van der Waals surface area contributed by atoms with Gasteiger partial charge >= 0.3 is 0 Å². The monoisotopic (exact) mass is 235 g/mol. The Morgan fingerprint density at radius 3 is 2.76 bits per heavy atom. The smallest absolute Gasteiger partial charge is 0.119 e. The van der Waals surface area contributed by atoms with Crippen LogP contribution in [0.5, 0.6) is 5.75 Å². The first-order valence-corrected chi connectivity index (χ1v) is 6.40. The van der Waals surface area contributed by atoms with Gasteiger partial charge in [-0.2, -0.15) is 0 Å². The summed E-state index contributed by atoms with van der Waals surface area (Å²) in [5.74, 6) is 0.927. The van der Waals surface area contributed by atoms with Gasteiger partial charge in [-0.25, -0.2) is 0 Å². The predicted octanol–water partition coefficient (Wildman–Crippen LogP) is 2.04. The molecule has 17 heavy (non-hydrogen) atoms. The van der Waals surface area contributed by atoms with E-state index in [9.17, 15) is 5.11 Å². The van der Waals surface area contributed by atoms with E-state index in [0.717, 1.165) is 25.3 Å². The molecule has 0 spiro atoms. The number of hydrogen-bond acceptors (Lipinski definition) is 3. The Kier molecular flexibility index (Phi) is 4.40. The maximum atomic E-state index is 9.27. The molecule has 94 valence electrons. The van der Waals surface area contributed by atoms with Crippen molar-refractivity contribution in [2.24, 2.45) is 0 Å². The van der Waals surface area contributed by atoms with Crippen molar-refractivity contribution in [3.63, 3.8) is 0 Å². The van der Waals surface area contributed by atoms with Gasteiger partial charge < -0.3 is 9.84 Å². The number of benzene rings is 1. The molecule has 3 heteroatoms. The summed E-state index contributed by atoms with van der Waals surface area (Å²) in [6.07, 6.45) is 2.32. The van der Waals surface area contributed by atoms with Gasteiger partial charge in [0.25, 0.3) is 0 Å². The quantitative estimate of drug-likeness (QED) is 0.847. The first-order valence-electron chi connectivity index (χ1n) is 6.40. The van der Waals surface area contributed by atoms with Gasteiger partial charge in [0.2, 0.25) is 0 Å². The molecule has 3 nitrogen and oxygen atoms in total. The predicted molar refractivity (Wildman–Crippen MR) is 68.1 cm³/mol. The molecule has 1 saturated heterocycles. The third-order valence-electron chi connectivity index (χ3n) is 3.33. The van der Waals surface area contributed by atoms with Crippen LogP contribution >= 0.6 is 0 Å². The third kappa shape index (κ3) is 3.20. The largest absolute Gasteiger partial charge is 0.494 e. The molecule has 1 atom stereocenters.